The summed E-state index contributed by atoms with van der Waals surface area (Å²) < 4.78 is 25.4. The predicted octanol–water partition coefficient (Wildman–Crippen LogP) is 0.846. The average molecular weight is 309 g/mol. The number of carbonyl (C=O) groups is 1. The molecular formula is C14H19N3O3S. The molecule has 7 heteroatoms. The molecule has 21 heavy (non-hydrogen) atoms. The summed E-state index contributed by atoms with van der Waals surface area (Å²) in [5.74, 6) is -0.634. The zero-order valence-electron chi connectivity index (χ0n) is 12.2. The number of benzene rings is 1. The first-order valence-electron chi connectivity index (χ1n) is 6.59. The lowest BCUT2D eigenvalue weighted by atomic mass is 10.1. The Labute approximate surface area is 125 Å². The third-order valence-corrected chi connectivity index (χ3v) is 4.64. The van der Waals surface area contributed by atoms with E-state index in [0.29, 0.717) is 17.7 Å². The molecule has 0 fully saturated rings. The van der Waals surface area contributed by atoms with E-state index in [1.54, 1.807) is 24.3 Å². The summed E-state index contributed by atoms with van der Waals surface area (Å²) >= 11 is 0. The maximum Gasteiger partial charge on any atom is 0.235 e. The molecule has 1 aromatic rings. The van der Waals surface area contributed by atoms with Crippen LogP contribution in [0.3, 0.4) is 0 Å². The zero-order valence-corrected chi connectivity index (χ0v) is 13.0. The van der Waals surface area contributed by atoms with Crippen molar-refractivity contribution in [1.82, 2.24) is 9.62 Å². The highest BCUT2D eigenvalue weighted by Crippen LogP contribution is 2.13. The van der Waals surface area contributed by atoms with Crippen molar-refractivity contribution in [1.29, 1.82) is 5.26 Å². The topological polar surface area (TPSA) is 90.3 Å². The molecule has 0 heterocycles. The first-order chi connectivity index (χ1) is 9.90. The van der Waals surface area contributed by atoms with Gasteiger partial charge in [-0.1, -0.05) is 25.1 Å². The van der Waals surface area contributed by atoms with Gasteiger partial charge in [-0.3, -0.25) is 4.79 Å². The van der Waals surface area contributed by atoms with Crippen LogP contribution in [-0.4, -0.2) is 38.8 Å². The summed E-state index contributed by atoms with van der Waals surface area (Å²) in [5, 5.41) is 11.6. The Morgan fingerprint density at radius 1 is 1.38 bits per heavy atom. The molecular weight excluding hydrogens is 290 g/mol. The van der Waals surface area contributed by atoms with Crippen LogP contribution in [0.25, 0.3) is 0 Å². The Bertz CT molecular complexity index is 635. The van der Waals surface area contributed by atoms with Crippen molar-refractivity contribution in [3.63, 3.8) is 0 Å². The van der Waals surface area contributed by atoms with E-state index in [9.17, 15) is 13.2 Å². The molecule has 0 saturated carbocycles. The van der Waals surface area contributed by atoms with Gasteiger partial charge in [-0.15, -0.1) is 0 Å². The first-order valence-corrected chi connectivity index (χ1v) is 8.20. The largest absolute Gasteiger partial charge is 0.355 e. The summed E-state index contributed by atoms with van der Waals surface area (Å²) in [5.41, 5.74) is 0.755. The number of sulfonamides is 1. The van der Waals surface area contributed by atoms with Crippen LogP contribution in [0.5, 0.6) is 0 Å². The van der Waals surface area contributed by atoms with Crippen molar-refractivity contribution in [3.05, 3.63) is 35.4 Å². The molecule has 0 atom stereocenters. The van der Waals surface area contributed by atoms with Crippen molar-refractivity contribution in [3.8, 4) is 6.07 Å². The molecule has 0 aliphatic carbocycles. The van der Waals surface area contributed by atoms with E-state index in [2.05, 4.69) is 5.32 Å². The Hall–Kier alpha value is -1.91. The minimum atomic E-state index is -3.64. The molecule has 6 nitrogen and oxygen atoms in total. The van der Waals surface area contributed by atoms with Gasteiger partial charge in [0.2, 0.25) is 15.9 Å². The molecule has 0 unspecified atom stereocenters. The fourth-order valence-electron chi connectivity index (χ4n) is 1.68. The smallest absolute Gasteiger partial charge is 0.235 e. The number of likely N-dealkylation sites (N-methyl/N-ethyl adjacent to an activating group) is 1. The van der Waals surface area contributed by atoms with Gasteiger partial charge in [0.05, 0.1) is 23.9 Å². The Morgan fingerprint density at radius 2 is 2.05 bits per heavy atom. The van der Waals surface area contributed by atoms with Crippen LogP contribution in [-0.2, 0) is 20.6 Å². The lowest BCUT2D eigenvalue weighted by Crippen LogP contribution is -2.39. The Kier molecular flexibility index (Phi) is 6.34. The van der Waals surface area contributed by atoms with Gasteiger partial charge < -0.3 is 5.32 Å². The van der Waals surface area contributed by atoms with Gasteiger partial charge in [0.1, 0.15) is 0 Å². The second-order valence-corrected chi connectivity index (χ2v) is 6.71. The number of hydrogen-bond donors (Lipinski definition) is 1. The minimum absolute atomic E-state index is 0.225. The molecule has 1 aromatic carbocycles. The molecule has 0 aliphatic rings. The van der Waals surface area contributed by atoms with Crippen molar-refractivity contribution in [2.75, 3.05) is 20.1 Å². The quantitative estimate of drug-likeness (QED) is 0.808. The lowest BCUT2D eigenvalue weighted by Gasteiger charge is -2.17. The van der Waals surface area contributed by atoms with E-state index in [-0.39, 0.29) is 18.2 Å². The van der Waals surface area contributed by atoms with Crippen molar-refractivity contribution >= 4 is 15.9 Å². The van der Waals surface area contributed by atoms with Crippen LogP contribution in [0.1, 0.15) is 24.5 Å². The maximum absolute atomic E-state index is 12.2. The van der Waals surface area contributed by atoms with Crippen molar-refractivity contribution in [2.45, 2.75) is 19.1 Å². The second kappa shape index (κ2) is 7.76. The van der Waals surface area contributed by atoms with E-state index in [0.717, 1.165) is 10.7 Å². The predicted molar refractivity (Wildman–Crippen MR) is 79.7 cm³/mol. The van der Waals surface area contributed by atoms with Crippen LogP contribution in [0.15, 0.2) is 24.3 Å². The van der Waals surface area contributed by atoms with Gasteiger partial charge in [0.25, 0.3) is 0 Å². The molecule has 0 aromatic heterocycles. The zero-order chi connectivity index (χ0) is 15.9. The monoisotopic (exact) mass is 309 g/mol. The van der Waals surface area contributed by atoms with E-state index in [1.807, 2.05) is 13.0 Å². The number of amides is 1. The summed E-state index contributed by atoms with van der Waals surface area (Å²) in [6.45, 7) is 2.21. The molecule has 0 saturated heterocycles. The van der Waals surface area contributed by atoms with Crippen LogP contribution in [0, 0.1) is 11.3 Å². The highest BCUT2D eigenvalue weighted by atomic mass is 32.2. The van der Waals surface area contributed by atoms with Gasteiger partial charge in [0, 0.05) is 13.6 Å². The van der Waals surface area contributed by atoms with Crippen molar-refractivity contribution < 1.29 is 13.2 Å². The lowest BCUT2D eigenvalue weighted by molar-refractivity contribution is -0.121. The van der Waals surface area contributed by atoms with E-state index < -0.39 is 10.0 Å². The number of nitrogens with zero attached hydrogens (tertiary/aromatic N) is 2. The van der Waals surface area contributed by atoms with Crippen LogP contribution in [0.2, 0.25) is 0 Å². The molecule has 0 aliphatic heterocycles. The normalized spacial score (nSPS) is 11.1. The van der Waals surface area contributed by atoms with E-state index in [1.165, 1.54) is 7.05 Å². The summed E-state index contributed by atoms with van der Waals surface area (Å²) in [7, 11) is -2.29. The number of nitrogens with one attached hydrogen (secondary N) is 1. The van der Waals surface area contributed by atoms with Crippen LogP contribution >= 0.6 is 0 Å². The molecule has 1 N–H and O–H groups in total. The second-order valence-electron chi connectivity index (χ2n) is 4.63. The van der Waals surface area contributed by atoms with Gasteiger partial charge in [-0.25, -0.2) is 8.42 Å². The summed E-state index contributed by atoms with van der Waals surface area (Å²) in [6, 6.07) is 8.49. The van der Waals surface area contributed by atoms with E-state index in [4.69, 9.17) is 5.26 Å². The van der Waals surface area contributed by atoms with Gasteiger partial charge >= 0.3 is 0 Å². The van der Waals surface area contributed by atoms with Gasteiger partial charge in [-0.05, 0) is 18.1 Å². The molecule has 114 valence electrons. The third kappa shape index (κ3) is 5.17. The van der Waals surface area contributed by atoms with E-state index >= 15 is 0 Å². The standard InChI is InChI=1S/C14H19N3O3S/c1-3-8-16-14(18)10-17(2)21(19,20)11-13-7-5-4-6-12(13)9-15/h4-7H,3,8,10-11H2,1-2H3,(H,16,18). The van der Waals surface area contributed by atoms with Crippen molar-refractivity contribution in [2.24, 2.45) is 0 Å². The Balaban J connectivity index is 2.77. The minimum Gasteiger partial charge on any atom is -0.355 e. The maximum atomic E-state index is 12.2. The first kappa shape index (κ1) is 17.1. The molecule has 0 bridgehead atoms. The number of nitriles is 1. The van der Waals surface area contributed by atoms with Crippen LogP contribution < -0.4 is 5.32 Å². The molecule has 0 spiro atoms. The average Bonchev–Trinajstić information content (AvgIpc) is 2.45. The SMILES string of the molecule is CCCNC(=O)CN(C)S(=O)(=O)Cc1ccccc1C#N. The summed E-state index contributed by atoms with van der Waals surface area (Å²) in [6.07, 6.45) is 0.789. The fraction of sp³-hybridized carbons (Fsp3) is 0.429. The molecule has 0 radical (unpaired) electrons. The highest BCUT2D eigenvalue weighted by molar-refractivity contribution is 7.88. The molecule has 1 amide bonds. The molecule has 1 rings (SSSR count). The number of hydrogen-bond acceptors (Lipinski definition) is 4. The number of rotatable bonds is 7. The van der Waals surface area contributed by atoms with Crippen LogP contribution in [0.4, 0.5) is 0 Å². The Morgan fingerprint density at radius 3 is 2.67 bits per heavy atom. The highest BCUT2D eigenvalue weighted by Gasteiger charge is 2.22. The third-order valence-electron chi connectivity index (χ3n) is 2.89. The number of carbonyl (C=O) groups excluding carboxylic acids is 1. The fourth-order valence-corrected chi connectivity index (χ4v) is 2.86. The van der Waals surface area contributed by atoms with Gasteiger partial charge in [0.15, 0.2) is 0 Å². The van der Waals surface area contributed by atoms with Gasteiger partial charge in [-0.2, -0.15) is 9.57 Å². The summed E-state index contributed by atoms with van der Waals surface area (Å²) in [4.78, 5) is 11.6.